The summed E-state index contributed by atoms with van der Waals surface area (Å²) in [5.41, 5.74) is 0.458. The van der Waals surface area contributed by atoms with E-state index in [1.54, 1.807) is 18.2 Å². The van der Waals surface area contributed by atoms with Crippen molar-refractivity contribution in [2.75, 3.05) is 6.61 Å². The number of rotatable bonds is 4. The van der Waals surface area contributed by atoms with Gasteiger partial charge in [0.25, 0.3) is 0 Å². The molecule has 104 valence electrons. The number of hydrogen-bond donors (Lipinski definition) is 0. The van der Waals surface area contributed by atoms with E-state index in [0.717, 1.165) is 4.47 Å². The van der Waals surface area contributed by atoms with Crippen molar-refractivity contribution in [3.8, 4) is 5.75 Å². The van der Waals surface area contributed by atoms with Gasteiger partial charge in [0.15, 0.2) is 5.78 Å². The molecule has 0 unspecified atom stereocenters. The average molecular weight is 358 g/mol. The molecule has 0 radical (unpaired) electrons. The van der Waals surface area contributed by atoms with Crippen LogP contribution in [-0.4, -0.2) is 12.4 Å². The first-order valence-corrected chi connectivity index (χ1v) is 7.12. The van der Waals surface area contributed by atoms with E-state index in [4.69, 9.17) is 16.3 Å². The molecule has 2 rings (SSSR count). The lowest BCUT2D eigenvalue weighted by Gasteiger charge is -2.11. The summed E-state index contributed by atoms with van der Waals surface area (Å²) in [6, 6.07) is 9.25. The molecular weight excluding hydrogens is 347 g/mol. The molecule has 0 aliphatic rings. The van der Waals surface area contributed by atoms with Gasteiger partial charge in [0.2, 0.25) is 0 Å². The number of hydrogen-bond acceptors (Lipinski definition) is 2. The van der Waals surface area contributed by atoms with Crippen LogP contribution in [0.3, 0.4) is 0 Å². The van der Waals surface area contributed by atoms with Gasteiger partial charge in [0.1, 0.15) is 11.6 Å². The van der Waals surface area contributed by atoms with Crippen LogP contribution in [0.1, 0.15) is 22.8 Å². The summed E-state index contributed by atoms with van der Waals surface area (Å²) in [5.74, 6) is -0.550. The van der Waals surface area contributed by atoms with Gasteiger partial charge in [-0.3, -0.25) is 4.79 Å². The average Bonchev–Trinajstić information content (AvgIpc) is 2.43. The van der Waals surface area contributed by atoms with Crippen molar-refractivity contribution in [1.29, 1.82) is 0 Å². The summed E-state index contributed by atoms with van der Waals surface area (Å²) in [6.45, 7) is 2.25. The van der Waals surface area contributed by atoms with Crippen LogP contribution in [0.25, 0.3) is 0 Å². The van der Waals surface area contributed by atoms with Gasteiger partial charge in [-0.2, -0.15) is 0 Å². The minimum Gasteiger partial charge on any atom is -0.493 e. The summed E-state index contributed by atoms with van der Waals surface area (Å²) >= 11 is 9.17. The molecule has 0 saturated heterocycles. The van der Waals surface area contributed by atoms with E-state index in [-0.39, 0.29) is 16.4 Å². The second kappa shape index (κ2) is 6.37. The van der Waals surface area contributed by atoms with Gasteiger partial charge in [-0.05, 0) is 37.3 Å². The molecule has 0 N–H and O–H groups in total. The summed E-state index contributed by atoms with van der Waals surface area (Å²) in [4.78, 5) is 12.5. The Balaban J connectivity index is 2.52. The van der Waals surface area contributed by atoms with Gasteiger partial charge < -0.3 is 4.74 Å². The topological polar surface area (TPSA) is 26.3 Å². The predicted octanol–water partition coefficient (Wildman–Crippen LogP) is 4.87. The molecule has 0 aromatic heterocycles. The summed E-state index contributed by atoms with van der Waals surface area (Å²) in [7, 11) is 0. The van der Waals surface area contributed by atoms with E-state index in [0.29, 0.717) is 17.9 Å². The first kappa shape index (κ1) is 15.0. The zero-order valence-corrected chi connectivity index (χ0v) is 13.0. The molecular formula is C15H11BrClFO2. The molecule has 20 heavy (non-hydrogen) atoms. The molecule has 2 aromatic rings. The molecule has 2 nitrogen and oxygen atoms in total. The molecule has 0 heterocycles. The van der Waals surface area contributed by atoms with E-state index in [1.807, 2.05) is 6.92 Å². The van der Waals surface area contributed by atoms with Crippen molar-refractivity contribution in [2.24, 2.45) is 0 Å². The van der Waals surface area contributed by atoms with Crippen LogP contribution in [0.5, 0.6) is 5.75 Å². The Kier molecular flexibility index (Phi) is 4.78. The zero-order chi connectivity index (χ0) is 14.7. The number of benzene rings is 2. The summed E-state index contributed by atoms with van der Waals surface area (Å²) in [5, 5.41) is -0.181. The molecule has 0 fully saturated rings. The molecule has 0 aliphatic heterocycles. The number of ketones is 1. The highest BCUT2D eigenvalue weighted by Crippen LogP contribution is 2.29. The first-order valence-electron chi connectivity index (χ1n) is 5.95. The van der Waals surface area contributed by atoms with Gasteiger partial charge in [-0.1, -0.05) is 33.6 Å². The quantitative estimate of drug-likeness (QED) is 0.730. The normalized spacial score (nSPS) is 10.4. The highest BCUT2D eigenvalue weighted by atomic mass is 79.9. The largest absolute Gasteiger partial charge is 0.493 e. The molecule has 0 aliphatic carbocycles. The standard InChI is InChI=1S/C15H11BrClFO2/c1-2-20-13-7-6-9(16)8-11(13)15(19)10-4-3-5-12(18)14(10)17/h3-8H,2H2,1H3. The Bertz CT molecular complexity index is 658. The predicted molar refractivity (Wildman–Crippen MR) is 80.2 cm³/mol. The van der Waals surface area contributed by atoms with Crippen molar-refractivity contribution in [3.05, 3.63) is 62.8 Å². The molecule has 0 amide bonds. The van der Waals surface area contributed by atoms with Crippen LogP contribution in [-0.2, 0) is 0 Å². The van der Waals surface area contributed by atoms with E-state index in [2.05, 4.69) is 15.9 Å². The summed E-state index contributed by atoms with van der Waals surface area (Å²) in [6.07, 6.45) is 0. The van der Waals surface area contributed by atoms with Crippen LogP contribution in [0.15, 0.2) is 40.9 Å². The molecule has 0 atom stereocenters. The monoisotopic (exact) mass is 356 g/mol. The van der Waals surface area contributed by atoms with Crippen LogP contribution >= 0.6 is 27.5 Å². The first-order chi connectivity index (χ1) is 9.54. The van der Waals surface area contributed by atoms with E-state index >= 15 is 0 Å². The van der Waals surface area contributed by atoms with E-state index in [9.17, 15) is 9.18 Å². The fourth-order valence-corrected chi connectivity index (χ4v) is 2.36. The lowest BCUT2D eigenvalue weighted by atomic mass is 10.0. The fraction of sp³-hybridized carbons (Fsp3) is 0.133. The third-order valence-corrected chi connectivity index (χ3v) is 3.56. The Morgan fingerprint density at radius 2 is 2.05 bits per heavy atom. The number of carbonyl (C=O) groups is 1. The number of ether oxygens (including phenoxy) is 1. The second-order valence-electron chi connectivity index (χ2n) is 4.00. The Morgan fingerprint density at radius 3 is 2.75 bits per heavy atom. The number of halogens is 3. The van der Waals surface area contributed by atoms with Crippen molar-refractivity contribution in [2.45, 2.75) is 6.92 Å². The van der Waals surface area contributed by atoms with Gasteiger partial charge in [0, 0.05) is 10.0 Å². The second-order valence-corrected chi connectivity index (χ2v) is 5.30. The molecule has 2 aromatic carbocycles. The Labute approximate surface area is 129 Å². The van der Waals surface area contributed by atoms with Crippen molar-refractivity contribution in [3.63, 3.8) is 0 Å². The van der Waals surface area contributed by atoms with Gasteiger partial charge in [-0.25, -0.2) is 4.39 Å². The van der Waals surface area contributed by atoms with Crippen LogP contribution in [0.2, 0.25) is 5.02 Å². The Hall–Kier alpha value is -1.39. The lowest BCUT2D eigenvalue weighted by Crippen LogP contribution is -2.07. The van der Waals surface area contributed by atoms with Gasteiger partial charge >= 0.3 is 0 Å². The van der Waals surface area contributed by atoms with Crippen LogP contribution in [0.4, 0.5) is 4.39 Å². The van der Waals surface area contributed by atoms with Crippen LogP contribution in [0, 0.1) is 5.82 Å². The smallest absolute Gasteiger partial charge is 0.198 e. The highest BCUT2D eigenvalue weighted by molar-refractivity contribution is 9.10. The zero-order valence-electron chi connectivity index (χ0n) is 10.6. The SMILES string of the molecule is CCOc1ccc(Br)cc1C(=O)c1cccc(F)c1Cl. The van der Waals surface area contributed by atoms with Crippen molar-refractivity contribution < 1.29 is 13.9 Å². The number of carbonyl (C=O) groups excluding carboxylic acids is 1. The highest BCUT2D eigenvalue weighted by Gasteiger charge is 2.19. The van der Waals surface area contributed by atoms with Gasteiger partial charge in [-0.15, -0.1) is 0 Å². The molecule has 0 saturated carbocycles. The summed E-state index contributed by atoms with van der Waals surface area (Å²) < 4.78 is 19.6. The third kappa shape index (κ3) is 3.02. The minimum atomic E-state index is -0.620. The van der Waals surface area contributed by atoms with Crippen molar-refractivity contribution in [1.82, 2.24) is 0 Å². The minimum absolute atomic E-state index is 0.116. The van der Waals surface area contributed by atoms with Crippen molar-refractivity contribution >= 4 is 33.3 Å². The molecule has 5 heteroatoms. The maximum absolute atomic E-state index is 13.5. The van der Waals surface area contributed by atoms with E-state index in [1.165, 1.54) is 18.2 Å². The third-order valence-electron chi connectivity index (χ3n) is 2.68. The Morgan fingerprint density at radius 1 is 1.30 bits per heavy atom. The maximum Gasteiger partial charge on any atom is 0.198 e. The van der Waals surface area contributed by atoms with Crippen LogP contribution < -0.4 is 4.74 Å². The van der Waals surface area contributed by atoms with E-state index < -0.39 is 5.82 Å². The molecule has 0 bridgehead atoms. The lowest BCUT2D eigenvalue weighted by molar-refractivity contribution is 0.103. The fourth-order valence-electron chi connectivity index (χ4n) is 1.79. The van der Waals surface area contributed by atoms with Gasteiger partial charge in [0.05, 0.1) is 17.2 Å². The maximum atomic E-state index is 13.5. The molecule has 0 spiro atoms.